The van der Waals surface area contributed by atoms with Gasteiger partial charge in [-0.3, -0.25) is 14.5 Å². The molecule has 0 spiro atoms. The minimum absolute atomic E-state index is 0.0327. The number of amides is 2. The summed E-state index contributed by atoms with van der Waals surface area (Å²) in [7, 11) is 0. The predicted octanol–water partition coefficient (Wildman–Crippen LogP) is 3.97. The molecule has 5 nitrogen and oxygen atoms in total. The molecule has 2 heterocycles. The third-order valence-corrected chi connectivity index (χ3v) is 7.23. The van der Waals surface area contributed by atoms with Gasteiger partial charge in [-0.05, 0) is 49.8 Å². The van der Waals surface area contributed by atoms with Gasteiger partial charge in [0.05, 0.1) is 16.6 Å². The van der Waals surface area contributed by atoms with Gasteiger partial charge in [-0.2, -0.15) is 0 Å². The van der Waals surface area contributed by atoms with Crippen molar-refractivity contribution in [3.63, 3.8) is 0 Å². The van der Waals surface area contributed by atoms with Crippen LogP contribution in [-0.4, -0.2) is 71.8 Å². The number of halogens is 1. The highest BCUT2D eigenvalue weighted by Crippen LogP contribution is 2.23. The van der Waals surface area contributed by atoms with E-state index in [0.717, 1.165) is 32.4 Å². The summed E-state index contributed by atoms with van der Waals surface area (Å²) in [5.41, 5.74) is 1.93. The first-order valence-corrected chi connectivity index (χ1v) is 12.0. The van der Waals surface area contributed by atoms with Gasteiger partial charge in [0.15, 0.2) is 0 Å². The molecule has 0 radical (unpaired) electrons. The Morgan fingerprint density at radius 1 is 0.875 bits per heavy atom. The molecule has 6 heteroatoms. The minimum atomic E-state index is -0.154. The molecule has 4 rings (SSSR count). The van der Waals surface area contributed by atoms with Crippen LogP contribution in [0.5, 0.6) is 0 Å². The van der Waals surface area contributed by atoms with E-state index in [9.17, 15) is 9.59 Å². The largest absolute Gasteiger partial charge is 0.341 e. The molecule has 0 aliphatic carbocycles. The Balaban J connectivity index is 1.24. The first-order chi connectivity index (χ1) is 15.5. The van der Waals surface area contributed by atoms with Gasteiger partial charge in [-0.25, -0.2) is 0 Å². The average Bonchev–Trinajstić information content (AvgIpc) is 2.84. The van der Waals surface area contributed by atoms with Crippen molar-refractivity contribution in [3.05, 3.63) is 70.7 Å². The van der Waals surface area contributed by atoms with E-state index in [1.165, 1.54) is 5.56 Å². The predicted molar refractivity (Wildman–Crippen MR) is 128 cm³/mol. The van der Waals surface area contributed by atoms with Gasteiger partial charge in [-0.15, -0.1) is 0 Å². The SMILES string of the molecule is C[C@H](C(=O)N1CCC(Cc2ccccc2)CC1)N1CCN(C(=O)c2ccccc2Cl)CC1. The third-order valence-electron chi connectivity index (χ3n) is 6.90. The normalized spacial score (nSPS) is 19.1. The second kappa shape index (κ2) is 10.5. The monoisotopic (exact) mass is 453 g/mol. The number of carbonyl (C=O) groups excluding carboxylic acids is 2. The Hall–Kier alpha value is -2.37. The molecule has 1 atom stereocenters. The fourth-order valence-corrected chi connectivity index (χ4v) is 5.06. The molecule has 2 aromatic rings. The first kappa shape index (κ1) is 22.8. The van der Waals surface area contributed by atoms with Gasteiger partial charge in [0.2, 0.25) is 5.91 Å². The van der Waals surface area contributed by atoms with Gasteiger partial charge < -0.3 is 9.80 Å². The lowest BCUT2D eigenvalue weighted by Gasteiger charge is -2.40. The van der Waals surface area contributed by atoms with Gasteiger partial charge >= 0.3 is 0 Å². The molecule has 170 valence electrons. The summed E-state index contributed by atoms with van der Waals surface area (Å²) in [6.07, 6.45) is 3.22. The van der Waals surface area contributed by atoms with E-state index >= 15 is 0 Å². The summed E-state index contributed by atoms with van der Waals surface area (Å²) >= 11 is 6.19. The van der Waals surface area contributed by atoms with Gasteiger partial charge in [0.1, 0.15) is 0 Å². The maximum Gasteiger partial charge on any atom is 0.255 e. The summed E-state index contributed by atoms with van der Waals surface area (Å²) in [4.78, 5) is 32.0. The van der Waals surface area contributed by atoms with E-state index in [0.29, 0.717) is 42.7 Å². The number of likely N-dealkylation sites (tertiary alicyclic amines) is 1. The highest BCUT2D eigenvalue weighted by molar-refractivity contribution is 6.33. The average molecular weight is 454 g/mol. The fourth-order valence-electron chi connectivity index (χ4n) is 4.84. The van der Waals surface area contributed by atoms with Crippen LogP contribution in [0, 0.1) is 5.92 Å². The lowest BCUT2D eigenvalue weighted by Crippen LogP contribution is -2.56. The number of hydrogen-bond donors (Lipinski definition) is 0. The van der Waals surface area contributed by atoms with Crippen LogP contribution >= 0.6 is 11.6 Å². The summed E-state index contributed by atoms with van der Waals surface area (Å²) in [5.74, 6) is 0.833. The van der Waals surface area contributed by atoms with Crippen molar-refractivity contribution in [3.8, 4) is 0 Å². The van der Waals surface area contributed by atoms with Crippen LogP contribution in [0.1, 0.15) is 35.7 Å². The van der Waals surface area contributed by atoms with E-state index < -0.39 is 0 Å². The second-order valence-corrected chi connectivity index (χ2v) is 9.35. The van der Waals surface area contributed by atoms with E-state index in [1.807, 2.05) is 28.9 Å². The molecule has 0 bridgehead atoms. The lowest BCUT2D eigenvalue weighted by atomic mass is 9.90. The number of rotatable bonds is 5. The number of piperazine rings is 1. The van der Waals surface area contributed by atoms with Crippen molar-refractivity contribution in [1.29, 1.82) is 0 Å². The van der Waals surface area contributed by atoms with Gasteiger partial charge in [-0.1, -0.05) is 54.1 Å². The topological polar surface area (TPSA) is 43.9 Å². The maximum atomic E-state index is 13.1. The van der Waals surface area contributed by atoms with Crippen LogP contribution < -0.4 is 0 Å². The Kier molecular flexibility index (Phi) is 7.48. The Bertz CT molecular complexity index is 920. The van der Waals surface area contributed by atoms with Gasteiger partial charge in [0.25, 0.3) is 5.91 Å². The van der Waals surface area contributed by atoms with Crippen LogP contribution in [0.15, 0.2) is 54.6 Å². The van der Waals surface area contributed by atoms with Crippen molar-refractivity contribution >= 4 is 23.4 Å². The van der Waals surface area contributed by atoms with Gasteiger partial charge in [0, 0.05) is 39.3 Å². The van der Waals surface area contributed by atoms with Crippen LogP contribution in [0.25, 0.3) is 0 Å². The molecule has 2 aliphatic heterocycles. The van der Waals surface area contributed by atoms with Crippen molar-refractivity contribution in [2.24, 2.45) is 5.92 Å². The molecule has 0 aromatic heterocycles. The second-order valence-electron chi connectivity index (χ2n) is 8.94. The van der Waals surface area contributed by atoms with E-state index in [2.05, 4.69) is 35.2 Å². The van der Waals surface area contributed by atoms with Crippen molar-refractivity contribution < 1.29 is 9.59 Å². The molecule has 0 saturated carbocycles. The van der Waals surface area contributed by atoms with E-state index in [-0.39, 0.29) is 17.9 Å². The quantitative estimate of drug-likeness (QED) is 0.688. The first-order valence-electron chi connectivity index (χ1n) is 11.6. The van der Waals surface area contributed by atoms with E-state index in [4.69, 9.17) is 11.6 Å². The molecule has 32 heavy (non-hydrogen) atoms. The Morgan fingerprint density at radius 3 is 2.16 bits per heavy atom. The zero-order valence-corrected chi connectivity index (χ0v) is 19.5. The molecule has 0 N–H and O–H groups in total. The van der Waals surface area contributed by atoms with Crippen LogP contribution in [0.4, 0.5) is 0 Å². The molecular formula is C26H32ClN3O2. The van der Waals surface area contributed by atoms with Crippen molar-refractivity contribution in [2.45, 2.75) is 32.2 Å². The molecule has 2 saturated heterocycles. The smallest absolute Gasteiger partial charge is 0.255 e. The summed E-state index contributed by atoms with van der Waals surface area (Å²) in [5, 5.41) is 0.485. The fraction of sp³-hybridized carbons (Fsp3) is 0.462. The van der Waals surface area contributed by atoms with Crippen LogP contribution in [0.3, 0.4) is 0 Å². The van der Waals surface area contributed by atoms with Crippen molar-refractivity contribution in [1.82, 2.24) is 14.7 Å². The number of hydrogen-bond acceptors (Lipinski definition) is 3. The highest BCUT2D eigenvalue weighted by atomic mass is 35.5. The zero-order valence-electron chi connectivity index (χ0n) is 18.8. The standard InChI is InChI=1S/C26H32ClN3O2/c1-20(25(31)29-13-11-22(12-14-29)19-21-7-3-2-4-8-21)28-15-17-30(18-16-28)26(32)23-9-5-6-10-24(23)27/h2-10,20,22H,11-19H2,1H3/t20-/m1/s1. The zero-order chi connectivity index (χ0) is 22.5. The summed E-state index contributed by atoms with van der Waals surface area (Å²) < 4.78 is 0. The molecule has 2 aliphatic rings. The summed E-state index contributed by atoms with van der Waals surface area (Å²) in [6, 6.07) is 17.6. The van der Waals surface area contributed by atoms with E-state index in [1.54, 1.807) is 12.1 Å². The molecule has 2 fully saturated rings. The number of carbonyl (C=O) groups is 2. The Labute approximate surface area is 195 Å². The van der Waals surface area contributed by atoms with Crippen LogP contribution in [-0.2, 0) is 11.2 Å². The minimum Gasteiger partial charge on any atom is -0.341 e. The van der Waals surface area contributed by atoms with Crippen molar-refractivity contribution in [2.75, 3.05) is 39.3 Å². The Morgan fingerprint density at radius 2 is 1.50 bits per heavy atom. The molecular weight excluding hydrogens is 422 g/mol. The molecule has 2 amide bonds. The molecule has 0 unspecified atom stereocenters. The highest BCUT2D eigenvalue weighted by Gasteiger charge is 2.32. The van der Waals surface area contributed by atoms with Crippen LogP contribution in [0.2, 0.25) is 5.02 Å². The number of benzene rings is 2. The lowest BCUT2D eigenvalue weighted by molar-refractivity contribution is -0.138. The summed E-state index contributed by atoms with van der Waals surface area (Å²) in [6.45, 7) is 6.31. The maximum absolute atomic E-state index is 13.1. The number of nitrogens with zero attached hydrogens (tertiary/aromatic N) is 3. The number of piperidine rings is 1. The third kappa shape index (κ3) is 5.33. The molecule has 2 aromatic carbocycles.